The molecule has 0 saturated carbocycles. The molecule has 3 aromatic heterocycles. The van der Waals surface area contributed by atoms with Gasteiger partial charge in [-0.2, -0.15) is 17.7 Å². The minimum absolute atomic E-state index is 0.538. The quantitative estimate of drug-likeness (QED) is 0.502. The van der Waals surface area contributed by atoms with Gasteiger partial charge in [0.15, 0.2) is 5.65 Å². The highest BCUT2D eigenvalue weighted by atomic mass is 19.4. The SMILES string of the molecule is Cc1nc2c3ccccc3nc(N3CCN(c4ccc(C(F)(F)F)cn4)CC3)n2n1. The van der Waals surface area contributed by atoms with E-state index in [1.54, 1.807) is 4.52 Å². The Morgan fingerprint density at radius 3 is 2.33 bits per heavy atom. The van der Waals surface area contributed by atoms with E-state index in [9.17, 15) is 13.2 Å². The molecule has 7 nitrogen and oxygen atoms in total. The lowest BCUT2D eigenvalue weighted by atomic mass is 10.2. The minimum Gasteiger partial charge on any atom is -0.353 e. The van der Waals surface area contributed by atoms with E-state index in [1.165, 1.54) is 6.07 Å². The normalized spacial score (nSPS) is 15.3. The topological polar surface area (TPSA) is 62.5 Å². The van der Waals surface area contributed by atoms with Crippen LogP contribution in [0.25, 0.3) is 16.6 Å². The molecule has 0 spiro atoms. The van der Waals surface area contributed by atoms with Crippen molar-refractivity contribution in [1.82, 2.24) is 24.6 Å². The minimum atomic E-state index is -4.38. The van der Waals surface area contributed by atoms with E-state index < -0.39 is 11.7 Å². The van der Waals surface area contributed by atoms with E-state index in [1.807, 2.05) is 36.1 Å². The number of aryl methyl sites for hydroxylation is 1. The van der Waals surface area contributed by atoms with Crippen LogP contribution in [0.5, 0.6) is 0 Å². The van der Waals surface area contributed by atoms with Crippen molar-refractivity contribution in [3.8, 4) is 0 Å². The van der Waals surface area contributed by atoms with Gasteiger partial charge in [-0.1, -0.05) is 12.1 Å². The molecule has 1 aliphatic rings. The molecule has 0 unspecified atom stereocenters. The number of alkyl halides is 3. The van der Waals surface area contributed by atoms with E-state index in [4.69, 9.17) is 4.98 Å². The number of nitrogens with zero attached hydrogens (tertiary/aromatic N) is 7. The first-order valence-electron chi connectivity index (χ1n) is 9.55. The third kappa shape index (κ3) is 3.17. The van der Waals surface area contributed by atoms with Gasteiger partial charge in [0.2, 0.25) is 5.95 Å². The Morgan fingerprint density at radius 2 is 1.63 bits per heavy atom. The molecule has 1 aliphatic heterocycles. The van der Waals surface area contributed by atoms with Crippen LogP contribution in [-0.4, -0.2) is 50.7 Å². The van der Waals surface area contributed by atoms with Gasteiger partial charge < -0.3 is 9.80 Å². The summed E-state index contributed by atoms with van der Waals surface area (Å²) in [5, 5.41) is 5.46. The lowest BCUT2D eigenvalue weighted by Gasteiger charge is -2.36. The summed E-state index contributed by atoms with van der Waals surface area (Å²) in [6.07, 6.45) is -3.50. The number of fused-ring (bicyclic) bond motifs is 3. The van der Waals surface area contributed by atoms with Crippen LogP contribution in [0.3, 0.4) is 0 Å². The molecule has 0 bridgehead atoms. The van der Waals surface area contributed by atoms with Gasteiger partial charge in [0.25, 0.3) is 0 Å². The Morgan fingerprint density at radius 1 is 0.900 bits per heavy atom. The number of halogens is 3. The second-order valence-electron chi connectivity index (χ2n) is 7.20. The second kappa shape index (κ2) is 6.82. The van der Waals surface area contributed by atoms with Crippen molar-refractivity contribution in [3.63, 3.8) is 0 Å². The molecule has 30 heavy (non-hydrogen) atoms. The van der Waals surface area contributed by atoms with Crippen LogP contribution < -0.4 is 9.80 Å². The van der Waals surface area contributed by atoms with Crippen molar-refractivity contribution >= 4 is 28.3 Å². The monoisotopic (exact) mass is 413 g/mol. The maximum absolute atomic E-state index is 12.8. The molecule has 154 valence electrons. The fourth-order valence-electron chi connectivity index (χ4n) is 3.73. The van der Waals surface area contributed by atoms with Crippen LogP contribution in [-0.2, 0) is 6.18 Å². The van der Waals surface area contributed by atoms with Gasteiger partial charge in [0, 0.05) is 37.8 Å². The zero-order chi connectivity index (χ0) is 20.9. The van der Waals surface area contributed by atoms with Crippen molar-refractivity contribution in [2.24, 2.45) is 0 Å². The van der Waals surface area contributed by atoms with Crippen LogP contribution in [0, 0.1) is 6.92 Å². The average Bonchev–Trinajstić information content (AvgIpc) is 3.14. The molecule has 0 N–H and O–H groups in total. The molecule has 0 atom stereocenters. The Hall–Kier alpha value is -3.43. The summed E-state index contributed by atoms with van der Waals surface area (Å²) in [7, 11) is 0. The highest BCUT2D eigenvalue weighted by Crippen LogP contribution is 2.30. The van der Waals surface area contributed by atoms with Crippen molar-refractivity contribution in [2.75, 3.05) is 36.0 Å². The average molecular weight is 413 g/mol. The van der Waals surface area contributed by atoms with Gasteiger partial charge in [-0.3, -0.25) is 0 Å². The zero-order valence-corrected chi connectivity index (χ0v) is 16.1. The number of benzene rings is 1. The molecule has 0 radical (unpaired) electrons. The summed E-state index contributed by atoms with van der Waals surface area (Å²) in [5.41, 5.74) is 0.869. The largest absolute Gasteiger partial charge is 0.417 e. The molecule has 1 saturated heterocycles. The molecule has 5 rings (SSSR count). The van der Waals surface area contributed by atoms with Crippen molar-refractivity contribution in [2.45, 2.75) is 13.1 Å². The highest BCUT2D eigenvalue weighted by molar-refractivity contribution is 5.92. The van der Waals surface area contributed by atoms with Crippen LogP contribution in [0.1, 0.15) is 11.4 Å². The summed E-state index contributed by atoms with van der Waals surface area (Å²) < 4.78 is 40.0. The lowest BCUT2D eigenvalue weighted by molar-refractivity contribution is -0.137. The van der Waals surface area contributed by atoms with Crippen LogP contribution in [0.4, 0.5) is 24.9 Å². The maximum Gasteiger partial charge on any atom is 0.417 e. The summed E-state index contributed by atoms with van der Waals surface area (Å²) >= 11 is 0. The standard InChI is InChI=1S/C20H18F3N7/c1-13-25-18-15-4-2-3-5-16(15)26-19(30(18)27-13)29-10-8-28(9-11-29)17-7-6-14(12-24-17)20(21,22)23/h2-7,12H,8-11H2,1H3. The Labute approximate surface area is 169 Å². The van der Waals surface area contributed by atoms with Gasteiger partial charge in [-0.15, -0.1) is 5.10 Å². The van der Waals surface area contributed by atoms with Crippen LogP contribution in [0.2, 0.25) is 0 Å². The van der Waals surface area contributed by atoms with Gasteiger partial charge in [-0.05, 0) is 31.2 Å². The van der Waals surface area contributed by atoms with Gasteiger partial charge in [0.05, 0.1) is 11.1 Å². The van der Waals surface area contributed by atoms with Crippen molar-refractivity contribution in [1.29, 1.82) is 0 Å². The van der Waals surface area contributed by atoms with E-state index in [0.717, 1.165) is 28.8 Å². The van der Waals surface area contributed by atoms with E-state index in [2.05, 4.69) is 20.0 Å². The zero-order valence-electron chi connectivity index (χ0n) is 16.1. The maximum atomic E-state index is 12.8. The molecule has 1 aromatic carbocycles. The molecular weight excluding hydrogens is 395 g/mol. The predicted molar refractivity (Wildman–Crippen MR) is 107 cm³/mol. The van der Waals surface area contributed by atoms with Crippen LogP contribution in [0.15, 0.2) is 42.6 Å². The van der Waals surface area contributed by atoms with E-state index in [0.29, 0.717) is 43.8 Å². The first-order chi connectivity index (χ1) is 14.4. The molecular formula is C20H18F3N7. The predicted octanol–water partition coefficient (Wildman–Crippen LogP) is 3.33. The Kier molecular flexibility index (Phi) is 4.23. The Balaban J connectivity index is 1.41. The lowest BCUT2D eigenvalue weighted by Crippen LogP contribution is -2.47. The third-order valence-electron chi connectivity index (χ3n) is 5.23. The fraction of sp³-hybridized carbons (Fsp3) is 0.300. The van der Waals surface area contributed by atoms with Gasteiger partial charge >= 0.3 is 6.18 Å². The van der Waals surface area contributed by atoms with Gasteiger partial charge in [0.1, 0.15) is 11.6 Å². The molecule has 0 amide bonds. The summed E-state index contributed by atoms with van der Waals surface area (Å²) in [6, 6.07) is 10.3. The molecule has 1 fully saturated rings. The van der Waals surface area contributed by atoms with E-state index >= 15 is 0 Å². The van der Waals surface area contributed by atoms with Crippen molar-refractivity contribution in [3.05, 3.63) is 54.0 Å². The number of aromatic nitrogens is 5. The summed E-state index contributed by atoms with van der Waals surface area (Å²) in [4.78, 5) is 17.5. The fourth-order valence-corrected chi connectivity index (χ4v) is 3.73. The van der Waals surface area contributed by atoms with Crippen molar-refractivity contribution < 1.29 is 13.2 Å². The smallest absolute Gasteiger partial charge is 0.353 e. The number of anilines is 2. The molecule has 4 heterocycles. The summed E-state index contributed by atoms with van der Waals surface area (Å²) in [6.45, 7) is 4.36. The van der Waals surface area contributed by atoms with Crippen LogP contribution >= 0.6 is 0 Å². The number of pyridine rings is 1. The number of piperazine rings is 1. The third-order valence-corrected chi connectivity index (χ3v) is 5.23. The van der Waals surface area contributed by atoms with Gasteiger partial charge in [-0.25, -0.2) is 15.0 Å². The molecule has 10 heteroatoms. The molecule has 4 aromatic rings. The highest BCUT2D eigenvalue weighted by Gasteiger charge is 2.31. The van der Waals surface area contributed by atoms with E-state index in [-0.39, 0.29) is 0 Å². The number of hydrogen-bond acceptors (Lipinski definition) is 6. The molecule has 0 aliphatic carbocycles. The first kappa shape index (κ1) is 18.6. The Bertz CT molecular complexity index is 1210. The number of rotatable bonds is 2. The first-order valence-corrected chi connectivity index (χ1v) is 9.55. The summed E-state index contributed by atoms with van der Waals surface area (Å²) in [5.74, 6) is 1.92. The second-order valence-corrected chi connectivity index (χ2v) is 7.20. The number of para-hydroxylation sites is 1. The number of hydrogen-bond donors (Lipinski definition) is 0.